The Morgan fingerprint density at radius 3 is 2.41 bits per heavy atom. The van der Waals surface area contributed by atoms with Crippen molar-refractivity contribution in [3.63, 3.8) is 0 Å². The molecule has 0 N–H and O–H groups in total. The summed E-state index contributed by atoms with van der Waals surface area (Å²) < 4.78 is 16.9. The van der Waals surface area contributed by atoms with Gasteiger partial charge >= 0.3 is 5.97 Å². The Bertz CT molecular complexity index is 1540. The van der Waals surface area contributed by atoms with Crippen LogP contribution >= 0.6 is 0 Å². The Labute approximate surface area is 227 Å². The second kappa shape index (κ2) is 12.6. The number of esters is 1. The molecule has 0 aliphatic rings. The zero-order chi connectivity index (χ0) is 26.9. The molecule has 0 spiro atoms. The van der Waals surface area contributed by atoms with Gasteiger partial charge in [-0.2, -0.15) is 4.98 Å². The molecule has 39 heavy (non-hydrogen) atoms. The lowest BCUT2D eigenvalue weighted by atomic mass is 10.1. The molecule has 5 rings (SSSR count). The summed E-state index contributed by atoms with van der Waals surface area (Å²) in [7, 11) is 0. The number of carbonyl (C=O) groups is 1. The minimum atomic E-state index is -0.198. The van der Waals surface area contributed by atoms with Crippen LogP contribution in [-0.2, 0) is 16.1 Å². The highest BCUT2D eigenvalue weighted by Crippen LogP contribution is 2.29. The van der Waals surface area contributed by atoms with E-state index in [4.69, 9.17) is 24.2 Å². The fourth-order valence-corrected chi connectivity index (χ4v) is 4.11. The number of benzene rings is 3. The Morgan fingerprint density at radius 1 is 0.795 bits per heavy atom. The predicted molar refractivity (Wildman–Crippen MR) is 150 cm³/mol. The van der Waals surface area contributed by atoms with Gasteiger partial charge in [0.1, 0.15) is 12.4 Å². The number of aromatic nitrogens is 3. The molecule has 7 heteroatoms. The second-order valence-electron chi connectivity index (χ2n) is 8.91. The zero-order valence-corrected chi connectivity index (χ0v) is 21.7. The first kappa shape index (κ1) is 25.9. The van der Waals surface area contributed by atoms with Crippen LogP contribution in [0.25, 0.3) is 33.4 Å². The van der Waals surface area contributed by atoms with Gasteiger partial charge in [-0.25, -0.2) is 4.98 Å². The molecule has 0 aliphatic carbocycles. The van der Waals surface area contributed by atoms with Crippen molar-refractivity contribution < 1.29 is 19.0 Å². The van der Waals surface area contributed by atoms with Crippen molar-refractivity contribution >= 4 is 16.7 Å². The van der Waals surface area contributed by atoms with Gasteiger partial charge in [-0.3, -0.25) is 9.78 Å². The number of fused-ring (bicyclic) bond motifs is 1. The summed E-state index contributed by atoms with van der Waals surface area (Å²) in [5, 5.41) is 2.08. The summed E-state index contributed by atoms with van der Waals surface area (Å²) in [5.41, 5.74) is 3.67. The van der Waals surface area contributed by atoms with E-state index in [0.717, 1.165) is 38.9 Å². The summed E-state index contributed by atoms with van der Waals surface area (Å²) >= 11 is 0. The maximum absolute atomic E-state index is 11.5. The molecule has 0 aliphatic heterocycles. The van der Waals surface area contributed by atoms with E-state index in [2.05, 4.69) is 11.1 Å². The lowest BCUT2D eigenvalue weighted by molar-refractivity contribution is -0.143. The molecule has 2 heterocycles. The molecule has 0 saturated heterocycles. The van der Waals surface area contributed by atoms with Crippen molar-refractivity contribution in [2.75, 3.05) is 13.2 Å². The molecule has 0 unspecified atom stereocenters. The largest absolute Gasteiger partial charge is 0.494 e. The first-order valence-corrected chi connectivity index (χ1v) is 13.0. The van der Waals surface area contributed by atoms with Crippen LogP contribution < -0.4 is 9.47 Å². The number of carbonyl (C=O) groups excluding carboxylic acids is 1. The summed E-state index contributed by atoms with van der Waals surface area (Å²) in [6.45, 7) is 3.03. The van der Waals surface area contributed by atoms with E-state index in [1.807, 2.05) is 78.9 Å². The Kier molecular flexibility index (Phi) is 8.38. The highest BCUT2D eigenvalue weighted by Gasteiger charge is 2.11. The van der Waals surface area contributed by atoms with Gasteiger partial charge in [0.15, 0.2) is 5.82 Å². The summed E-state index contributed by atoms with van der Waals surface area (Å²) in [6, 6.07) is 27.7. The summed E-state index contributed by atoms with van der Waals surface area (Å²) in [4.78, 5) is 25.2. The second-order valence-corrected chi connectivity index (χ2v) is 8.91. The zero-order valence-electron chi connectivity index (χ0n) is 21.7. The van der Waals surface area contributed by atoms with Crippen LogP contribution in [0.15, 0.2) is 97.3 Å². The molecule has 0 atom stereocenters. The molecule has 0 saturated carbocycles. The number of rotatable bonds is 11. The van der Waals surface area contributed by atoms with Crippen molar-refractivity contribution in [3.05, 3.63) is 103 Å². The first-order chi connectivity index (χ1) is 19.2. The molecule has 0 bridgehead atoms. The fraction of sp³-hybridized carbons (Fsp3) is 0.188. The van der Waals surface area contributed by atoms with Crippen molar-refractivity contribution in [1.82, 2.24) is 15.0 Å². The van der Waals surface area contributed by atoms with Gasteiger partial charge in [0.25, 0.3) is 0 Å². The molecule has 0 fully saturated rings. The van der Waals surface area contributed by atoms with Crippen LogP contribution in [-0.4, -0.2) is 34.1 Å². The van der Waals surface area contributed by atoms with Gasteiger partial charge in [-0.05, 0) is 60.0 Å². The summed E-state index contributed by atoms with van der Waals surface area (Å²) in [6.07, 6.45) is 4.45. The highest BCUT2D eigenvalue weighted by atomic mass is 16.5. The van der Waals surface area contributed by atoms with E-state index in [1.54, 1.807) is 19.3 Å². The van der Waals surface area contributed by atoms with Crippen molar-refractivity contribution in [3.8, 4) is 34.3 Å². The van der Waals surface area contributed by atoms with Gasteiger partial charge < -0.3 is 14.2 Å². The van der Waals surface area contributed by atoms with Gasteiger partial charge in [-0.1, -0.05) is 48.5 Å². The van der Waals surface area contributed by atoms with Crippen LogP contribution in [0.3, 0.4) is 0 Å². The SMILES string of the molecule is CCOC(=O)CCCOc1ccc2cc(-c3nc(OCc4ccncc4)cc(-c4ccccc4)n3)ccc2c1. The van der Waals surface area contributed by atoms with Crippen molar-refractivity contribution in [2.24, 2.45) is 0 Å². The number of hydrogen-bond donors (Lipinski definition) is 0. The van der Waals surface area contributed by atoms with Crippen molar-refractivity contribution in [1.29, 1.82) is 0 Å². The molecular weight excluding hydrogens is 490 g/mol. The molecule has 0 amide bonds. The normalized spacial score (nSPS) is 10.8. The van der Waals surface area contributed by atoms with Crippen LogP contribution in [0.1, 0.15) is 25.3 Å². The third-order valence-corrected chi connectivity index (χ3v) is 6.08. The predicted octanol–water partition coefficient (Wildman–Crippen LogP) is 6.66. The van der Waals surface area contributed by atoms with Crippen LogP contribution in [0.5, 0.6) is 11.6 Å². The number of hydrogen-bond acceptors (Lipinski definition) is 7. The van der Waals surface area contributed by atoms with Crippen LogP contribution in [0, 0.1) is 0 Å². The van der Waals surface area contributed by atoms with Gasteiger partial charge in [-0.15, -0.1) is 0 Å². The molecule has 7 nitrogen and oxygen atoms in total. The maximum atomic E-state index is 11.5. The average molecular weight is 520 g/mol. The van der Waals surface area contributed by atoms with E-state index in [-0.39, 0.29) is 5.97 Å². The quantitative estimate of drug-likeness (QED) is 0.142. The number of pyridine rings is 1. The third-order valence-electron chi connectivity index (χ3n) is 6.08. The minimum Gasteiger partial charge on any atom is -0.494 e. The fourth-order valence-electron chi connectivity index (χ4n) is 4.11. The Balaban J connectivity index is 1.36. The van der Waals surface area contributed by atoms with E-state index in [9.17, 15) is 4.79 Å². The van der Waals surface area contributed by atoms with Gasteiger partial charge in [0.2, 0.25) is 5.88 Å². The van der Waals surface area contributed by atoms with E-state index >= 15 is 0 Å². The molecule has 5 aromatic rings. The Morgan fingerprint density at radius 2 is 1.59 bits per heavy atom. The average Bonchev–Trinajstić information content (AvgIpc) is 2.99. The highest BCUT2D eigenvalue weighted by molar-refractivity contribution is 5.87. The molecular formula is C32H29N3O4. The van der Waals surface area contributed by atoms with Gasteiger partial charge in [0, 0.05) is 36.0 Å². The third kappa shape index (κ3) is 6.96. The molecule has 3 aromatic carbocycles. The van der Waals surface area contributed by atoms with E-state index < -0.39 is 0 Å². The molecule has 2 aromatic heterocycles. The number of nitrogens with zero attached hydrogens (tertiary/aromatic N) is 3. The topological polar surface area (TPSA) is 83.4 Å². The van der Waals surface area contributed by atoms with Gasteiger partial charge in [0.05, 0.1) is 18.9 Å². The van der Waals surface area contributed by atoms with Crippen LogP contribution in [0.2, 0.25) is 0 Å². The summed E-state index contributed by atoms with van der Waals surface area (Å²) in [5.74, 6) is 1.65. The molecule has 196 valence electrons. The monoisotopic (exact) mass is 519 g/mol. The van der Waals surface area contributed by atoms with Crippen molar-refractivity contribution in [2.45, 2.75) is 26.4 Å². The maximum Gasteiger partial charge on any atom is 0.305 e. The molecule has 0 radical (unpaired) electrons. The lowest BCUT2D eigenvalue weighted by Gasteiger charge is -2.11. The standard InChI is InChI=1S/C32H29N3O4/c1-2-37-31(36)9-6-18-38-28-13-12-25-19-27(11-10-26(25)20-28)32-34-29(24-7-4-3-5-8-24)21-30(35-32)39-22-23-14-16-33-17-15-23/h3-5,7-8,10-17,19-21H,2,6,9,18,22H2,1H3. The van der Waals surface area contributed by atoms with Crippen LogP contribution in [0.4, 0.5) is 0 Å². The van der Waals surface area contributed by atoms with E-state index in [0.29, 0.717) is 44.4 Å². The lowest BCUT2D eigenvalue weighted by Crippen LogP contribution is -2.06. The Hall–Kier alpha value is -4.78. The minimum absolute atomic E-state index is 0.198. The van der Waals surface area contributed by atoms with E-state index in [1.165, 1.54) is 0 Å². The number of ether oxygens (including phenoxy) is 3. The smallest absolute Gasteiger partial charge is 0.305 e. The first-order valence-electron chi connectivity index (χ1n) is 13.0.